The summed E-state index contributed by atoms with van der Waals surface area (Å²) in [5, 5.41) is 12.8. The van der Waals surface area contributed by atoms with E-state index in [9.17, 15) is 19.5 Å². The van der Waals surface area contributed by atoms with Gasteiger partial charge in [-0.25, -0.2) is 0 Å². The van der Waals surface area contributed by atoms with Crippen molar-refractivity contribution < 1.29 is 29.0 Å². The van der Waals surface area contributed by atoms with Crippen molar-refractivity contribution in [2.45, 2.75) is 83.1 Å². The van der Waals surface area contributed by atoms with Gasteiger partial charge in [0.25, 0.3) is 0 Å². The summed E-state index contributed by atoms with van der Waals surface area (Å²) in [7, 11) is 0. The summed E-state index contributed by atoms with van der Waals surface area (Å²) in [4.78, 5) is 40.9. The number of aliphatic hydroxyl groups excluding tert-OH is 1. The number of nitrogens with zero attached hydrogens (tertiary/aromatic N) is 1. The van der Waals surface area contributed by atoms with Crippen LogP contribution in [0.1, 0.15) is 59.3 Å². The van der Waals surface area contributed by atoms with Crippen molar-refractivity contribution in [3.05, 3.63) is 0 Å². The van der Waals surface area contributed by atoms with E-state index < -0.39 is 41.6 Å². The van der Waals surface area contributed by atoms with Crippen molar-refractivity contribution in [2.75, 3.05) is 19.8 Å². The molecule has 2 bridgehead atoms. The molecule has 2 N–H and O–H groups in total. The predicted octanol–water partition coefficient (Wildman–Crippen LogP) is 1.00. The molecule has 0 unspecified atom stereocenters. The van der Waals surface area contributed by atoms with Crippen LogP contribution in [0.5, 0.6) is 0 Å². The van der Waals surface area contributed by atoms with Gasteiger partial charge in [0.1, 0.15) is 11.6 Å². The number of aliphatic hydroxyl groups is 1. The fourth-order valence-electron chi connectivity index (χ4n) is 5.39. The molecule has 164 valence electrons. The smallest absolute Gasteiger partial charge is 0.312 e. The summed E-state index contributed by atoms with van der Waals surface area (Å²) in [6.07, 6.45) is 4.22. The van der Waals surface area contributed by atoms with Crippen LogP contribution in [-0.4, -0.2) is 71.3 Å². The van der Waals surface area contributed by atoms with E-state index in [0.717, 1.165) is 19.3 Å². The molecule has 3 rings (SSSR count). The van der Waals surface area contributed by atoms with Gasteiger partial charge in [0.15, 0.2) is 0 Å². The number of ether oxygens (including phenoxy) is 2. The van der Waals surface area contributed by atoms with E-state index >= 15 is 0 Å². The monoisotopic (exact) mass is 410 g/mol. The first-order valence-corrected chi connectivity index (χ1v) is 11.0. The number of nitrogens with one attached hydrogen (secondary N) is 1. The minimum atomic E-state index is -1.02. The fourth-order valence-corrected chi connectivity index (χ4v) is 5.39. The zero-order valence-electron chi connectivity index (χ0n) is 17.7. The summed E-state index contributed by atoms with van der Waals surface area (Å²) in [6.45, 7) is 6.23. The first-order chi connectivity index (χ1) is 14.0. The lowest BCUT2D eigenvalue weighted by molar-refractivity contribution is -0.155. The third-order valence-corrected chi connectivity index (χ3v) is 6.70. The first-order valence-electron chi connectivity index (χ1n) is 11.0. The molecule has 3 fully saturated rings. The molecule has 8 nitrogen and oxygen atoms in total. The van der Waals surface area contributed by atoms with Crippen molar-refractivity contribution in [1.29, 1.82) is 0 Å². The zero-order chi connectivity index (χ0) is 21.2. The average Bonchev–Trinajstić information content (AvgIpc) is 3.34. The van der Waals surface area contributed by atoms with Crippen molar-refractivity contribution in [3.8, 4) is 0 Å². The van der Waals surface area contributed by atoms with Crippen LogP contribution < -0.4 is 5.32 Å². The Morgan fingerprint density at radius 3 is 2.72 bits per heavy atom. The summed E-state index contributed by atoms with van der Waals surface area (Å²) in [5.41, 5.74) is -1.02. The van der Waals surface area contributed by atoms with Crippen LogP contribution in [0.2, 0.25) is 0 Å². The summed E-state index contributed by atoms with van der Waals surface area (Å²) in [6, 6.07) is -1.32. The van der Waals surface area contributed by atoms with Gasteiger partial charge in [-0.1, -0.05) is 26.7 Å². The lowest BCUT2D eigenvalue weighted by atomic mass is 9.71. The van der Waals surface area contributed by atoms with Crippen molar-refractivity contribution >= 4 is 17.8 Å². The number of esters is 1. The molecule has 1 spiro atoms. The quantitative estimate of drug-likeness (QED) is 0.411. The Hall–Kier alpha value is -1.67. The van der Waals surface area contributed by atoms with Gasteiger partial charge in [-0.15, -0.1) is 0 Å². The Kier molecular flexibility index (Phi) is 6.83. The van der Waals surface area contributed by atoms with Gasteiger partial charge < -0.3 is 24.8 Å². The molecule has 0 radical (unpaired) electrons. The van der Waals surface area contributed by atoms with Crippen LogP contribution in [0.25, 0.3) is 0 Å². The van der Waals surface area contributed by atoms with Gasteiger partial charge >= 0.3 is 5.97 Å². The lowest BCUT2D eigenvalue weighted by Gasteiger charge is -2.36. The van der Waals surface area contributed by atoms with E-state index in [0.29, 0.717) is 25.8 Å². The number of amides is 2. The Balaban J connectivity index is 1.92. The highest BCUT2D eigenvalue weighted by Crippen LogP contribution is 2.59. The van der Waals surface area contributed by atoms with Crippen LogP contribution in [-0.2, 0) is 23.9 Å². The van der Waals surface area contributed by atoms with E-state index in [1.54, 1.807) is 6.92 Å². The minimum absolute atomic E-state index is 0.231. The van der Waals surface area contributed by atoms with Crippen molar-refractivity contribution in [3.63, 3.8) is 0 Å². The van der Waals surface area contributed by atoms with Gasteiger partial charge in [-0.3, -0.25) is 14.4 Å². The summed E-state index contributed by atoms with van der Waals surface area (Å²) < 4.78 is 11.5. The molecule has 29 heavy (non-hydrogen) atoms. The van der Waals surface area contributed by atoms with Gasteiger partial charge in [0.2, 0.25) is 11.8 Å². The van der Waals surface area contributed by atoms with E-state index in [2.05, 4.69) is 12.2 Å². The number of hydrogen-bond acceptors (Lipinski definition) is 6. The average molecular weight is 411 g/mol. The molecule has 0 aliphatic carbocycles. The Morgan fingerprint density at radius 2 is 2.10 bits per heavy atom. The molecular weight excluding hydrogens is 376 g/mol. The SMILES string of the molecule is CCCCCNC(=O)[C@@H]1N([C@@H](CC)CO)C(=O)[C@H]2[C@H](C(=O)OCC)[C@@H]3CC[C@]12O3. The van der Waals surface area contributed by atoms with Crippen molar-refractivity contribution in [2.24, 2.45) is 11.8 Å². The second-order valence-corrected chi connectivity index (χ2v) is 8.30. The van der Waals surface area contributed by atoms with Gasteiger partial charge in [-0.05, 0) is 32.6 Å². The highest BCUT2D eigenvalue weighted by Gasteiger charge is 2.75. The highest BCUT2D eigenvalue weighted by atomic mass is 16.6. The molecule has 2 amide bonds. The van der Waals surface area contributed by atoms with E-state index in [1.165, 1.54) is 4.90 Å². The molecule has 3 aliphatic rings. The highest BCUT2D eigenvalue weighted by molar-refractivity contribution is 5.98. The number of likely N-dealkylation sites (tertiary alicyclic amines) is 1. The number of hydrogen-bond donors (Lipinski definition) is 2. The molecule has 0 aromatic rings. The van der Waals surface area contributed by atoms with Gasteiger partial charge in [0, 0.05) is 6.54 Å². The van der Waals surface area contributed by atoms with E-state index in [1.807, 2.05) is 6.92 Å². The molecule has 0 saturated carbocycles. The lowest BCUT2D eigenvalue weighted by Crippen LogP contribution is -2.58. The van der Waals surface area contributed by atoms with Crippen molar-refractivity contribution in [1.82, 2.24) is 10.2 Å². The molecule has 3 aliphatic heterocycles. The largest absolute Gasteiger partial charge is 0.466 e. The van der Waals surface area contributed by atoms with Gasteiger partial charge in [-0.2, -0.15) is 0 Å². The zero-order valence-corrected chi connectivity index (χ0v) is 17.7. The Bertz CT molecular complexity index is 637. The van der Waals surface area contributed by atoms with Gasteiger partial charge in [0.05, 0.1) is 37.2 Å². The molecule has 3 heterocycles. The third-order valence-electron chi connectivity index (χ3n) is 6.70. The number of carbonyl (C=O) groups excluding carboxylic acids is 3. The van der Waals surface area contributed by atoms with E-state index in [-0.39, 0.29) is 25.0 Å². The molecule has 3 saturated heterocycles. The molecular formula is C21H34N2O6. The van der Waals surface area contributed by atoms with Crippen LogP contribution in [0, 0.1) is 11.8 Å². The number of unbranched alkanes of at least 4 members (excludes halogenated alkanes) is 2. The summed E-state index contributed by atoms with van der Waals surface area (Å²) >= 11 is 0. The maximum absolute atomic E-state index is 13.5. The first kappa shape index (κ1) is 22.0. The Morgan fingerprint density at radius 1 is 1.34 bits per heavy atom. The van der Waals surface area contributed by atoms with Crippen LogP contribution in [0.15, 0.2) is 0 Å². The number of fused-ring (bicyclic) bond motifs is 1. The predicted molar refractivity (Wildman–Crippen MR) is 105 cm³/mol. The fraction of sp³-hybridized carbons (Fsp3) is 0.857. The Labute approximate surface area is 172 Å². The number of carbonyl (C=O) groups is 3. The summed E-state index contributed by atoms with van der Waals surface area (Å²) in [5.74, 6) is -2.38. The standard InChI is InChI=1S/C21H34N2O6/c1-4-7-8-11-22-18(25)17-21-10-9-14(29-21)15(20(27)28-6-3)16(21)19(26)23(17)13(5-2)12-24/h13-17,24H,4-12H2,1-3H3,(H,22,25)/t13-,14-,15+,16+,17-,21+/m0/s1. The molecule has 6 atom stereocenters. The minimum Gasteiger partial charge on any atom is -0.466 e. The second kappa shape index (κ2) is 9.00. The topological polar surface area (TPSA) is 105 Å². The molecule has 0 aromatic heterocycles. The second-order valence-electron chi connectivity index (χ2n) is 8.30. The molecule has 0 aromatic carbocycles. The number of rotatable bonds is 10. The third kappa shape index (κ3) is 3.54. The maximum Gasteiger partial charge on any atom is 0.312 e. The van der Waals surface area contributed by atoms with Crippen LogP contribution in [0.4, 0.5) is 0 Å². The van der Waals surface area contributed by atoms with E-state index in [4.69, 9.17) is 9.47 Å². The normalized spacial score (nSPS) is 33.7. The van der Waals surface area contributed by atoms with Crippen LogP contribution in [0.3, 0.4) is 0 Å². The molecule has 8 heteroatoms. The van der Waals surface area contributed by atoms with Crippen LogP contribution >= 0.6 is 0 Å². The maximum atomic E-state index is 13.5.